The van der Waals surface area contributed by atoms with Crippen LogP contribution < -0.4 is 10.5 Å². The monoisotopic (exact) mass is 468 g/mol. The van der Waals surface area contributed by atoms with Gasteiger partial charge in [-0.05, 0) is 38.0 Å². The number of ether oxygens (including phenoxy) is 1. The molecule has 5 heterocycles. The summed E-state index contributed by atoms with van der Waals surface area (Å²) in [5, 5.41) is 0. The Bertz CT molecular complexity index is 1480. The lowest BCUT2D eigenvalue weighted by Crippen LogP contribution is -2.44. The van der Waals surface area contributed by atoms with Gasteiger partial charge >= 0.3 is 6.18 Å². The average molecular weight is 468 g/mol. The number of nitrogens with zero attached hydrogens (tertiary/aromatic N) is 5. The largest absolute Gasteiger partial charge is 0.488 e. The first kappa shape index (κ1) is 20.7. The van der Waals surface area contributed by atoms with Gasteiger partial charge in [-0.3, -0.25) is 9.20 Å². The molecule has 1 saturated heterocycles. The van der Waals surface area contributed by atoms with Crippen LogP contribution in [0, 0.1) is 6.92 Å². The summed E-state index contributed by atoms with van der Waals surface area (Å²) in [5.74, 6) is 0.850. The summed E-state index contributed by atoms with van der Waals surface area (Å²) in [4.78, 5) is 28.2. The lowest BCUT2D eigenvalue weighted by molar-refractivity contribution is -0.137. The Labute approximate surface area is 191 Å². The third-order valence-electron chi connectivity index (χ3n) is 6.54. The summed E-state index contributed by atoms with van der Waals surface area (Å²) in [6.45, 7) is 2.27. The molecule has 2 N–H and O–H groups in total. The summed E-state index contributed by atoms with van der Waals surface area (Å²) >= 11 is 0. The number of halogens is 3. The Morgan fingerprint density at radius 1 is 1.18 bits per heavy atom. The summed E-state index contributed by atoms with van der Waals surface area (Å²) in [5.41, 5.74) is 7.84. The van der Waals surface area contributed by atoms with Gasteiger partial charge in [-0.15, -0.1) is 0 Å². The SMILES string of the molecule is Cc1ncc2c(N)nc3cnc(C(=O)N4CCCC5Oc6cc(C(F)(F)F)ccc6C54)cc3n12. The molecule has 1 amide bonds. The predicted molar refractivity (Wildman–Crippen MR) is 116 cm³/mol. The van der Waals surface area contributed by atoms with Gasteiger partial charge in [0.2, 0.25) is 0 Å². The molecule has 1 fully saturated rings. The van der Waals surface area contributed by atoms with E-state index in [0.717, 1.165) is 12.1 Å². The number of carbonyl (C=O) groups excluding carboxylic acids is 1. The molecule has 2 aliphatic rings. The molecule has 174 valence electrons. The first-order valence-corrected chi connectivity index (χ1v) is 10.8. The third kappa shape index (κ3) is 2.99. The van der Waals surface area contributed by atoms with E-state index in [1.807, 2.05) is 11.3 Å². The van der Waals surface area contributed by atoms with E-state index in [1.54, 1.807) is 17.2 Å². The van der Waals surface area contributed by atoms with E-state index >= 15 is 0 Å². The molecule has 6 rings (SSSR count). The Balaban J connectivity index is 1.41. The summed E-state index contributed by atoms with van der Waals surface area (Å²) in [6.07, 6.45) is -0.438. The molecule has 1 aromatic carbocycles. The van der Waals surface area contributed by atoms with Crippen LogP contribution in [0.5, 0.6) is 5.75 Å². The molecule has 0 saturated carbocycles. The average Bonchev–Trinajstić information content (AvgIpc) is 3.38. The Morgan fingerprint density at radius 3 is 2.79 bits per heavy atom. The highest BCUT2D eigenvalue weighted by Gasteiger charge is 2.44. The summed E-state index contributed by atoms with van der Waals surface area (Å²) in [6, 6.07) is 4.63. The molecule has 2 aliphatic heterocycles. The number of hydrogen-bond acceptors (Lipinski definition) is 6. The van der Waals surface area contributed by atoms with Crippen molar-refractivity contribution in [2.75, 3.05) is 12.3 Å². The standard InChI is InChI=1S/C23H19F3N6O2/c1-11-28-10-17-21(27)30-15-9-29-14(8-16(15)32(11)17)22(33)31-6-2-3-18-20(31)13-5-4-12(23(24,25)26)7-19(13)34-18/h4-5,7-10,18,20H,2-3,6H2,1H3,(H2,27,30). The molecular formula is C23H19F3N6O2. The van der Waals surface area contributed by atoms with E-state index in [-0.39, 0.29) is 17.4 Å². The summed E-state index contributed by atoms with van der Waals surface area (Å²) < 4.78 is 47.2. The first-order chi connectivity index (χ1) is 16.2. The van der Waals surface area contributed by atoms with E-state index in [1.165, 1.54) is 12.3 Å². The fourth-order valence-electron chi connectivity index (χ4n) is 4.98. The number of piperidine rings is 1. The molecule has 4 aromatic rings. The molecule has 0 bridgehead atoms. The molecule has 8 nitrogen and oxygen atoms in total. The molecule has 2 atom stereocenters. The number of fused-ring (bicyclic) bond motifs is 6. The van der Waals surface area contributed by atoms with E-state index in [0.29, 0.717) is 53.1 Å². The minimum absolute atomic E-state index is 0.173. The van der Waals surface area contributed by atoms with Crippen molar-refractivity contribution in [3.63, 3.8) is 0 Å². The highest BCUT2D eigenvalue weighted by Crippen LogP contribution is 2.46. The third-order valence-corrected chi connectivity index (χ3v) is 6.54. The maximum absolute atomic E-state index is 13.6. The van der Waals surface area contributed by atoms with E-state index < -0.39 is 23.9 Å². The van der Waals surface area contributed by atoms with Gasteiger partial charge < -0.3 is 15.4 Å². The van der Waals surface area contributed by atoms with Crippen LogP contribution in [-0.4, -0.2) is 42.8 Å². The second-order valence-electron chi connectivity index (χ2n) is 8.57. The van der Waals surface area contributed by atoms with Crippen molar-refractivity contribution in [2.24, 2.45) is 0 Å². The lowest BCUT2D eigenvalue weighted by atomic mass is 9.93. The molecule has 34 heavy (non-hydrogen) atoms. The van der Waals surface area contributed by atoms with Gasteiger partial charge in [0.1, 0.15) is 40.2 Å². The Hall–Kier alpha value is -3.89. The quantitative estimate of drug-likeness (QED) is 0.455. The molecule has 11 heteroatoms. The molecule has 2 unspecified atom stereocenters. The molecule has 0 spiro atoms. The number of imidazole rings is 1. The van der Waals surface area contributed by atoms with Gasteiger partial charge in [-0.2, -0.15) is 13.2 Å². The number of carbonyl (C=O) groups is 1. The van der Waals surface area contributed by atoms with Crippen LogP contribution in [0.15, 0.2) is 36.7 Å². The lowest BCUT2D eigenvalue weighted by Gasteiger charge is -2.36. The fraction of sp³-hybridized carbons (Fsp3) is 0.304. The van der Waals surface area contributed by atoms with Crippen LogP contribution in [0.1, 0.15) is 46.3 Å². The number of benzene rings is 1. The minimum Gasteiger partial charge on any atom is -0.488 e. The molecule has 3 aromatic heterocycles. The number of hydrogen-bond donors (Lipinski definition) is 1. The van der Waals surface area contributed by atoms with Crippen molar-refractivity contribution in [3.8, 4) is 5.75 Å². The Kier molecular flexibility index (Phi) is 4.29. The van der Waals surface area contributed by atoms with Crippen LogP contribution in [0.4, 0.5) is 19.0 Å². The number of anilines is 1. The Morgan fingerprint density at radius 2 is 2.00 bits per heavy atom. The second-order valence-corrected chi connectivity index (χ2v) is 8.57. The highest BCUT2D eigenvalue weighted by molar-refractivity contribution is 5.96. The number of amides is 1. The number of likely N-dealkylation sites (tertiary alicyclic amines) is 1. The zero-order valence-corrected chi connectivity index (χ0v) is 18.0. The minimum atomic E-state index is -4.47. The van der Waals surface area contributed by atoms with Crippen LogP contribution in [0.2, 0.25) is 0 Å². The van der Waals surface area contributed by atoms with Gasteiger partial charge in [0.15, 0.2) is 0 Å². The van der Waals surface area contributed by atoms with Gasteiger partial charge in [-0.1, -0.05) is 6.07 Å². The van der Waals surface area contributed by atoms with Crippen LogP contribution >= 0.6 is 0 Å². The number of nitrogens with two attached hydrogens (primary N) is 1. The van der Waals surface area contributed by atoms with Crippen LogP contribution in [0.3, 0.4) is 0 Å². The maximum atomic E-state index is 13.6. The first-order valence-electron chi connectivity index (χ1n) is 10.8. The zero-order valence-electron chi connectivity index (χ0n) is 18.0. The topological polar surface area (TPSA) is 98.6 Å². The number of pyridine rings is 1. The molecule has 0 aliphatic carbocycles. The zero-order chi connectivity index (χ0) is 23.8. The van der Waals surface area contributed by atoms with Crippen molar-refractivity contribution < 1.29 is 22.7 Å². The number of aromatic nitrogens is 4. The highest BCUT2D eigenvalue weighted by atomic mass is 19.4. The van der Waals surface area contributed by atoms with E-state index in [4.69, 9.17) is 10.5 Å². The van der Waals surface area contributed by atoms with Crippen molar-refractivity contribution in [3.05, 3.63) is 59.3 Å². The fourth-order valence-corrected chi connectivity index (χ4v) is 4.98. The van der Waals surface area contributed by atoms with Crippen molar-refractivity contribution in [1.29, 1.82) is 0 Å². The smallest absolute Gasteiger partial charge is 0.416 e. The summed E-state index contributed by atoms with van der Waals surface area (Å²) in [7, 11) is 0. The van der Waals surface area contributed by atoms with Crippen molar-refractivity contribution >= 4 is 28.3 Å². The van der Waals surface area contributed by atoms with Gasteiger partial charge in [-0.25, -0.2) is 15.0 Å². The van der Waals surface area contributed by atoms with Crippen LogP contribution in [-0.2, 0) is 6.18 Å². The number of rotatable bonds is 1. The predicted octanol–water partition coefficient (Wildman–Crippen LogP) is 3.93. The number of nitrogen functional groups attached to an aromatic ring is 1. The normalized spacial score (nSPS) is 19.8. The second kappa shape index (κ2) is 7.05. The molecular weight excluding hydrogens is 449 g/mol. The van der Waals surface area contributed by atoms with Gasteiger partial charge in [0, 0.05) is 12.1 Å². The number of alkyl halides is 3. The van der Waals surface area contributed by atoms with E-state index in [9.17, 15) is 18.0 Å². The molecule has 0 radical (unpaired) electrons. The van der Waals surface area contributed by atoms with Crippen molar-refractivity contribution in [1.82, 2.24) is 24.3 Å². The van der Waals surface area contributed by atoms with Crippen molar-refractivity contribution in [2.45, 2.75) is 38.1 Å². The number of aryl methyl sites for hydroxylation is 1. The van der Waals surface area contributed by atoms with Crippen LogP contribution in [0.25, 0.3) is 16.6 Å². The van der Waals surface area contributed by atoms with E-state index in [2.05, 4.69) is 15.0 Å². The van der Waals surface area contributed by atoms with Gasteiger partial charge in [0.25, 0.3) is 5.91 Å². The maximum Gasteiger partial charge on any atom is 0.416 e. The van der Waals surface area contributed by atoms with Gasteiger partial charge in [0.05, 0.1) is 29.5 Å².